The Labute approximate surface area is 107 Å². The van der Waals surface area contributed by atoms with Crippen LogP contribution in [0.15, 0.2) is 22.8 Å². The zero-order chi connectivity index (χ0) is 12.0. The fourth-order valence-corrected chi connectivity index (χ4v) is 2.06. The summed E-state index contributed by atoms with van der Waals surface area (Å²) in [5, 5.41) is 3.38. The highest BCUT2D eigenvalue weighted by Crippen LogP contribution is 2.12. The van der Waals surface area contributed by atoms with Crippen LogP contribution >= 0.6 is 15.9 Å². The molecule has 0 bridgehead atoms. The molecule has 0 aliphatic heterocycles. The molecule has 1 heterocycles. The zero-order valence-electron chi connectivity index (χ0n) is 10.3. The normalized spacial score (nSPS) is 13.1. The Balaban J connectivity index is 2.40. The molecule has 0 aromatic carbocycles. The monoisotopic (exact) mass is 284 g/mol. The van der Waals surface area contributed by atoms with Crippen LogP contribution in [0.3, 0.4) is 0 Å². The molecule has 0 aliphatic rings. The van der Waals surface area contributed by atoms with Crippen LogP contribution in [0.2, 0.25) is 0 Å². The summed E-state index contributed by atoms with van der Waals surface area (Å²) in [7, 11) is 2.04. The second-order valence-electron chi connectivity index (χ2n) is 4.62. The van der Waals surface area contributed by atoms with Crippen LogP contribution in [0, 0.1) is 5.92 Å². The van der Waals surface area contributed by atoms with E-state index in [4.69, 9.17) is 0 Å². The first kappa shape index (κ1) is 13.7. The van der Waals surface area contributed by atoms with Gasteiger partial charge < -0.3 is 5.32 Å². The predicted molar refractivity (Wildman–Crippen MR) is 72.6 cm³/mol. The molecule has 0 amide bonds. The highest BCUT2D eigenvalue weighted by molar-refractivity contribution is 9.10. The molecule has 1 rings (SSSR count). The van der Waals surface area contributed by atoms with Crippen molar-refractivity contribution in [2.24, 2.45) is 5.92 Å². The van der Waals surface area contributed by atoms with E-state index in [9.17, 15) is 0 Å². The lowest BCUT2D eigenvalue weighted by Gasteiger charge is -2.17. The van der Waals surface area contributed by atoms with Crippen LogP contribution in [0.1, 0.15) is 32.4 Å². The van der Waals surface area contributed by atoms with Gasteiger partial charge in [-0.25, -0.2) is 0 Å². The Morgan fingerprint density at radius 2 is 2.12 bits per heavy atom. The van der Waals surface area contributed by atoms with Crippen molar-refractivity contribution in [3.05, 3.63) is 28.5 Å². The number of nitrogens with one attached hydrogen (secondary N) is 1. The molecule has 16 heavy (non-hydrogen) atoms. The standard InChI is InChI=1S/C13H21BrN2/c1-10(2)8-13(15-3)7-6-12-5-4-11(14)9-16-12/h4-5,9-10,13,15H,6-8H2,1-3H3. The quantitative estimate of drug-likeness (QED) is 0.866. The van der Waals surface area contributed by atoms with Crippen LogP contribution in [0.25, 0.3) is 0 Å². The molecule has 0 fully saturated rings. The van der Waals surface area contributed by atoms with Crippen molar-refractivity contribution in [1.29, 1.82) is 0 Å². The second-order valence-corrected chi connectivity index (χ2v) is 5.54. The van der Waals surface area contributed by atoms with E-state index in [1.165, 1.54) is 12.1 Å². The van der Waals surface area contributed by atoms with E-state index in [1.807, 2.05) is 13.2 Å². The molecular formula is C13H21BrN2. The maximum atomic E-state index is 4.39. The molecule has 1 N–H and O–H groups in total. The van der Waals surface area contributed by atoms with Crippen molar-refractivity contribution < 1.29 is 0 Å². The van der Waals surface area contributed by atoms with Crippen LogP contribution in [-0.4, -0.2) is 18.1 Å². The number of halogens is 1. The summed E-state index contributed by atoms with van der Waals surface area (Å²) in [6, 6.07) is 4.75. The Bertz CT molecular complexity index is 295. The topological polar surface area (TPSA) is 24.9 Å². The molecule has 1 aromatic rings. The number of pyridine rings is 1. The maximum absolute atomic E-state index is 4.39. The Hall–Kier alpha value is -0.410. The molecule has 0 saturated carbocycles. The van der Waals surface area contributed by atoms with Crippen molar-refractivity contribution in [1.82, 2.24) is 10.3 Å². The minimum Gasteiger partial charge on any atom is -0.317 e. The molecule has 0 aliphatic carbocycles. The number of aromatic nitrogens is 1. The van der Waals surface area contributed by atoms with Gasteiger partial charge in [0.1, 0.15) is 0 Å². The van der Waals surface area contributed by atoms with Gasteiger partial charge in [-0.3, -0.25) is 4.98 Å². The largest absolute Gasteiger partial charge is 0.317 e. The van der Waals surface area contributed by atoms with Crippen molar-refractivity contribution in [2.45, 2.75) is 39.2 Å². The Kier molecular flexibility index (Phi) is 5.99. The van der Waals surface area contributed by atoms with E-state index in [2.05, 4.69) is 52.2 Å². The lowest BCUT2D eigenvalue weighted by Crippen LogP contribution is -2.27. The van der Waals surface area contributed by atoms with Crippen molar-refractivity contribution in [2.75, 3.05) is 7.05 Å². The first-order valence-corrected chi connectivity index (χ1v) is 6.68. The predicted octanol–water partition coefficient (Wildman–Crippen LogP) is 3.41. The maximum Gasteiger partial charge on any atom is 0.0413 e. The van der Waals surface area contributed by atoms with E-state index in [1.54, 1.807) is 0 Å². The summed E-state index contributed by atoms with van der Waals surface area (Å²) in [5.74, 6) is 0.746. The summed E-state index contributed by atoms with van der Waals surface area (Å²) in [5.41, 5.74) is 1.17. The third kappa shape index (κ3) is 5.08. The Morgan fingerprint density at radius 1 is 1.38 bits per heavy atom. The van der Waals surface area contributed by atoms with Gasteiger partial charge in [-0.2, -0.15) is 0 Å². The van der Waals surface area contributed by atoms with E-state index >= 15 is 0 Å². The summed E-state index contributed by atoms with van der Waals surface area (Å²) in [6.45, 7) is 4.53. The third-order valence-corrected chi connectivity index (χ3v) is 3.17. The van der Waals surface area contributed by atoms with Gasteiger partial charge in [0.25, 0.3) is 0 Å². The van der Waals surface area contributed by atoms with Gasteiger partial charge in [0.2, 0.25) is 0 Å². The van der Waals surface area contributed by atoms with Crippen LogP contribution in [0.4, 0.5) is 0 Å². The fraction of sp³-hybridized carbons (Fsp3) is 0.615. The summed E-state index contributed by atoms with van der Waals surface area (Å²) >= 11 is 3.40. The Morgan fingerprint density at radius 3 is 2.62 bits per heavy atom. The molecule has 1 unspecified atom stereocenters. The minimum atomic E-state index is 0.602. The lowest BCUT2D eigenvalue weighted by atomic mass is 9.99. The molecule has 2 nitrogen and oxygen atoms in total. The summed E-state index contributed by atoms with van der Waals surface area (Å²) < 4.78 is 1.04. The molecule has 3 heteroatoms. The molecule has 0 spiro atoms. The van der Waals surface area contributed by atoms with Gasteiger partial charge in [0, 0.05) is 22.4 Å². The summed E-state index contributed by atoms with van der Waals surface area (Å²) in [4.78, 5) is 4.39. The molecule has 0 saturated heterocycles. The van der Waals surface area contributed by atoms with Crippen molar-refractivity contribution in [3.8, 4) is 0 Å². The number of hydrogen-bond donors (Lipinski definition) is 1. The molecule has 1 aromatic heterocycles. The number of rotatable bonds is 6. The number of nitrogens with zero attached hydrogens (tertiary/aromatic N) is 1. The van der Waals surface area contributed by atoms with Crippen LogP contribution in [0.5, 0.6) is 0 Å². The SMILES string of the molecule is CNC(CCc1ccc(Br)cn1)CC(C)C. The first-order chi connectivity index (χ1) is 7.61. The van der Waals surface area contributed by atoms with Crippen molar-refractivity contribution in [3.63, 3.8) is 0 Å². The van der Waals surface area contributed by atoms with E-state index in [-0.39, 0.29) is 0 Å². The lowest BCUT2D eigenvalue weighted by molar-refractivity contribution is 0.420. The summed E-state index contributed by atoms with van der Waals surface area (Å²) in [6.07, 6.45) is 5.30. The van der Waals surface area contributed by atoms with E-state index in [0.29, 0.717) is 6.04 Å². The second kappa shape index (κ2) is 7.02. The zero-order valence-corrected chi connectivity index (χ0v) is 11.9. The van der Waals surface area contributed by atoms with E-state index < -0.39 is 0 Å². The van der Waals surface area contributed by atoms with Crippen molar-refractivity contribution >= 4 is 15.9 Å². The molecule has 1 atom stereocenters. The molecule has 0 radical (unpaired) electrons. The van der Waals surface area contributed by atoms with Gasteiger partial charge in [0.15, 0.2) is 0 Å². The first-order valence-electron chi connectivity index (χ1n) is 5.89. The minimum absolute atomic E-state index is 0.602. The van der Waals surface area contributed by atoms with Gasteiger partial charge in [-0.15, -0.1) is 0 Å². The third-order valence-electron chi connectivity index (χ3n) is 2.70. The molecular weight excluding hydrogens is 264 g/mol. The van der Waals surface area contributed by atoms with Gasteiger partial charge in [-0.1, -0.05) is 13.8 Å². The van der Waals surface area contributed by atoms with Gasteiger partial charge >= 0.3 is 0 Å². The molecule has 90 valence electrons. The number of aryl methyl sites for hydroxylation is 1. The fourth-order valence-electron chi connectivity index (χ4n) is 1.83. The van der Waals surface area contributed by atoms with E-state index in [0.717, 1.165) is 23.2 Å². The van der Waals surface area contributed by atoms with Crippen LogP contribution in [-0.2, 0) is 6.42 Å². The van der Waals surface area contributed by atoms with Crippen LogP contribution < -0.4 is 5.32 Å². The van der Waals surface area contributed by atoms with Gasteiger partial charge in [-0.05, 0) is 60.3 Å². The smallest absolute Gasteiger partial charge is 0.0413 e. The highest BCUT2D eigenvalue weighted by atomic mass is 79.9. The van der Waals surface area contributed by atoms with Gasteiger partial charge in [0.05, 0.1) is 0 Å². The highest BCUT2D eigenvalue weighted by Gasteiger charge is 2.08. The average molecular weight is 285 g/mol. The number of hydrogen-bond acceptors (Lipinski definition) is 2. The average Bonchev–Trinajstić information content (AvgIpc) is 2.26.